The first-order chi connectivity index (χ1) is 8.99. The van der Waals surface area contributed by atoms with Gasteiger partial charge in [-0.3, -0.25) is 4.79 Å². The van der Waals surface area contributed by atoms with E-state index in [2.05, 4.69) is 0 Å². The first-order valence-corrected chi connectivity index (χ1v) is 6.33. The maximum absolute atomic E-state index is 13.9. The second-order valence-electron chi connectivity index (χ2n) is 4.74. The molecule has 3 nitrogen and oxygen atoms in total. The summed E-state index contributed by atoms with van der Waals surface area (Å²) < 4.78 is 27.9. The van der Waals surface area contributed by atoms with Gasteiger partial charge in [0.1, 0.15) is 23.6 Å². The molecule has 0 bridgehead atoms. The van der Waals surface area contributed by atoms with Gasteiger partial charge in [-0.2, -0.15) is 0 Å². The average molecular weight is 270 g/mol. The fourth-order valence-corrected chi connectivity index (χ4v) is 1.88. The Hall–Kier alpha value is -1.49. The lowest BCUT2D eigenvalue weighted by atomic mass is 10.1. The molecule has 19 heavy (non-hydrogen) atoms. The highest BCUT2D eigenvalue weighted by Crippen LogP contribution is 2.24. The minimum atomic E-state index is -0.686. The number of rotatable bonds is 7. The highest BCUT2D eigenvalue weighted by Gasteiger charge is 2.17. The largest absolute Gasteiger partial charge is 0.366 e. The Bertz CT molecular complexity index is 412. The van der Waals surface area contributed by atoms with Gasteiger partial charge in [0.25, 0.3) is 0 Å². The van der Waals surface area contributed by atoms with E-state index in [0.717, 1.165) is 18.6 Å². The van der Waals surface area contributed by atoms with E-state index in [1.807, 2.05) is 25.9 Å². The normalized spacial score (nSPS) is 10.8. The third-order valence-electron chi connectivity index (χ3n) is 2.80. The molecule has 1 aromatic rings. The number of benzene rings is 1. The van der Waals surface area contributed by atoms with Crippen LogP contribution >= 0.6 is 0 Å². The van der Waals surface area contributed by atoms with Crippen LogP contribution in [0.15, 0.2) is 12.1 Å². The minimum absolute atomic E-state index is 0.0165. The van der Waals surface area contributed by atoms with Gasteiger partial charge in [-0.15, -0.1) is 0 Å². The zero-order valence-corrected chi connectivity index (χ0v) is 11.6. The number of anilines is 1. The first-order valence-electron chi connectivity index (χ1n) is 6.33. The molecule has 0 aromatic heterocycles. The topological polar surface area (TPSA) is 23.6 Å². The second kappa shape index (κ2) is 7.19. The lowest BCUT2D eigenvalue weighted by Gasteiger charge is -2.26. The Kier molecular flexibility index (Phi) is 5.89. The molecule has 0 spiro atoms. The highest BCUT2D eigenvalue weighted by atomic mass is 19.1. The zero-order valence-electron chi connectivity index (χ0n) is 11.6. The molecule has 1 aromatic carbocycles. The summed E-state index contributed by atoms with van der Waals surface area (Å²) in [5, 5.41) is 0. The molecule has 5 heteroatoms. The number of aldehydes is 1. The van der Waals surface area contributed by atoms with Gasteiger partial charge in [-0.1, -0.05) is 6.92 Å². The fourth-order valence-electron chi connectivity index (χ4n) is 1.88. The maximum atomic E-state index is 13.9. The van der Waals surface area contributed by atoms with Gasteiger partial charge in [-0.05, 0) is 32.6 Å². The van der Waals surface area contributed by atoms with Crippen LogP contribution in [0.25, 0.3) is 0 Å². The van der Waals surface area contributed by atoms with Crippen molar-refractivity contribution in [3.63, 3.8) is 0 Å². The number of hydrogen-bond acceptors (Lipinski definition) is 3. The Morgan fingerprint density at radius 1 is 1.11 bits per heavy atom. The van der Waals surface area contributed by atoms with Gasteiger partial charge in [0.2, 0.25) is 0 Å². The van der Waals surface area contributed by atoms with Gasteiger partial charge < -0.3 is 9.80 Å². The summed E-state index contributed by atoms with van der Waals surface area (Å²) in [4.78, 5) is 14.2. The van der Waals surface area contributed by atoms with Crippen LogP contribution in [-0.4, -0.2) is 44.9 Å². The van der Waals surface area contributed by atoms with Crippen molar-refractivity contribution in [2.75, 3.05) is 38.6 Å². The molecule has 0 saturated carbocycles. The molecule has 0 aliphatic heterocycles. The van der Waals surface area contributed by atoms with Crippen molar-refractivity contribution in [1.82, 2.24) is 4.90 Å². The van der Waals surface area contributed by atoms with Crippen LogP contribution < -0.4 is 4.90 Å². The molecule has 0 aliphatic carbocycles. The van der Waals surface area contributed by atoms with E-state index in [-0.39, 0.29) is 11.3 Å². The minimum Gasteiger partial charge on any atom is -0.366 e. The first kappa shape index (κ1) is 15.6. The van der Waals surface area contributed by atoms with E-state index in [1.54, 1.807) is 4.90 Å². The molecule has 0 aliphatic rings. The van der Waals surface area contributed by atoms with Gasteiger partial charge in [0, 0.05) is 25.2 Å². The Labute approximate surface area is 112 Å². The van der Waals surface area contributed by atoms with Gasteiger partial charge in [0.05, 0.1) is 0 Å². The van der Waals surface area contributed by atoms with Crippen LogP contribution in [0, 0.1) is 11.6 Å². The summed E-state index contributed by atoms with van der Waals surface area (Å²) in [5.74, 6) is -1.37. The van der Waals surface area contributed by atoms with Crippen molar-refractivity contribution < 1.29 is 13.6 Å². The molecular formula is C14H20F2N2O. The van der Waals surface area contributed by atoms with Gasteiger partial charge in [0.15, 0.2) is 0 Å². The van der Waals surface area contributed by atoms with E-state index >= 15 is 0 Å². The number of halogens is 2. The molecule has 0 amide bonds. The molecule has 0 fully saturated rings. The number of carbonyl (C=O) groups excluding carboxylic acids is 1. The van der Waals surface area contributed by atoms with Crippen LogP contribution in [0.1, 0.15) is 23.7 Å². The lowest BCUT2D eigenvalue weighted by molar-refractivity contribution is 0.112. The van der Waals surface area contributed by atoms with E-state index in [0.29, 0.717) is 25.9 Å². The SMILES string of the molecule is CCCN(CCN(C)C)c1c(F)cc(C=O)cc1F. The number of carbonyl (C=O) groups is 1. The molecule has 0 saturated heterocycles. The monoisotopic (exact) mass is 270 g/mol. The molecule has 0 unspecified atom stereocenters. The average Bonchev–Trinajstić information content (AvgIpc) is 2.34. The van der Waals surface area contributed by atoms with Crippen molar-refractivity contribution in [3.8, 4) is 0 Å². The van der Waals surface area contributed by atoms with E-state index in [4.69, 9.17) is 0 Å². The van der Waals surface area contributed by atoms with Crippen molar-refractivity contribution in [2.24, 2.45) is 0 Å². The zero-order chi connectivity index (χ0) is 14.4. The summed E-state index contributed by atoms with van der Waals surface area (Å²) in [6.45, 7) is 3.77. The fraction of sp³-hybridized carbons (Fsp3) is 0.500. The van der Waals surface area contributed by atoms with E-state index < -0.39 is 11.6 Å². The van der Waals surface area contributed by atoms with Crippen molar-refractivity contribution in [3.05, 3.63) is 29.3 Å². The highest BCUT2D eigenvalue weighted by molar-refractivity contribution is 5.76. The molecule has 1 rings (SSSR count). The van der Waals surface area contributed by atoms with Gasteiger partial charge >= 0.3 is 0 Å². The van der Waals surface area contributed by atoms with E-state index in [9.17, 15) is 13.6 Å². The molecule has 0 radical (unpaired) electrons. The van der Waals surface area contributed by atoms with Crippen LogP contribution in [0.5, 0.6) is 0 Å². The Balaban J connectivity index is 3.04. The van der Waals surface area contributed by atoms with Crippen LogP contribution in [0.4, 0.5) is 14.5 Å². The summed E-state index contributed by atoms with van der Waals surface area (Å²) in [5.41, 5.74) is -0.0305. The van der Waals surface area contributed by atoms with Gasteiger partial charge in [-0.25, -0.2) is 8.78 Å². The molecule has 0 N–H and O–H groups in total. The van der Waals surface area contributed by atoms with Crippen LogP contribution in [0.2, 0.25) is 0 Å². The predicted molar refractivity (Wildman–Crippen MR) is 72.8 cm³/mol. The third kappa shape index (κ3) is 4.28. The quantitative estimate of drug-likeness (QED) is 0.711. The molecule has 0 atom stereocenters. The molecular weight excluding hydrogens is 250 g/mol. The second-order valence-corrected chi connectivity index (χ2v) is 4.74. The van der Waals surface area contributed by atoms with Crippen molar-refractivity contribution >= 4 is 12.0 Å². The predicted octanol–water partition coefficient (Wildman–Crippen LogP) is 2.56. The molecule has 0 heterocycles. The van der Waals surface area contributed by atoms with E-state index in [1.165, 1.54) is 0 Å². The maximum Gasteiger partial charge on any atom is 0.150 e. The summed E-state index contributed by atoms with van der Waals surface area (Å²) in [7, 11) is 3.82. The molecule has 106 valence electrons. The Morgan fingerprint density at radius 2 is 1.68 bits per heavy atom. The smallest absolute Gasteiger partial charge is 0.150 e. The summed E-state index contributed by atoms with van der Waals surface area (Å²) in [6, 6.07) is 2.15. The standard InChI is InChI=1S/C14H20F2N2O/c1-4-5-18(7-6-17(2)3)14-12(15)8-11(10-19)9-13(14)16/h8-10H,4-7H2,1-3H3. The number of hydrogen-bond donors (Lipinski definition) is 0. The number of nitrogens with zero attached hydrogens (tertiary/aromatic N) is 2. The van der Waals surface area contributed by atoms with Crippen LogP contribution in [0.3, 0.4) is 0 Å². The number of likely N-dealkylation sites (N-methyl/N-ethyl adjacent to an activating group) is 1. The van der Waals surface area contributed by atoms with Crippen molar-refractivity contribution in [2.45, 2.75) is 13.3 Å². The van der Waals surface area contributed by atoms with Crippen LogP contribution in [-0.2, 0) is 0 Å². The summed E-state index contributed by atoms with van der Waals surface area (Å²) in [6.07, 6.45) is 1.24. The third-order valence-corrected chi connectivity index (χ3v) is 2.80. The summed E-state index contributed by atoms with van der Waals surface area (Å²) >= 11 is 0. The van der Waals surface area contributed by atoms with Crippen molar-refractivity contribution in [1.29, 1.82) is 0 Å². The lowest BCUT2D eigenvalue weighted by Crippen LogP contribution is -2.33. The Morgan fingerprint density at radius 3 is 2.11 bits per heavy atom.